The van der Waals surface area contributed by atoms with Crippen LogP contribution in [0.15, 0.2) is 12.3 Å². The van der Waals surface area contributed by atoms with Gasteiger partial charge in [-0.2, -0.15) is 0 Å². The summed E-state index contributed by atoms with van der Waals surface area (Å²) in [5.74, 6) is 0.307. The van der Waals surface area contributed by atoms with E-state index in [0.29, 0.717) is 5.76 Å². The van der Waals surface area contributed by atoms with Crippen LogP contribution >= 0.6 is 0 Å². The minimum Gasteiger partial charge on any atom is -0.513 e. The molecule has 10 heavy (non-hydrogen) atoms. The van der Waals surface area contributed by atoms with Crippen LogP contribution in [0.25, 0.3) is 0 Å². The molecule has 0 rings (SSSR count). The lowest BCUT2D eigenvalue weighted by molar-refractivity contribution is -0.122. The lowest BCUT2D eigenvalue weighted by atomic mass is 10.2. The summed E-state index contributed by atoms with van der Waals surface area (Å²) in [5.41, 5.74) is 0. The Balaban J connectivity index is 0. The van der Waals surface area contributed by atoms with Crippen molar-refractivity contribution in [2.75, 3.05) is 0 Å². The van der Waals surface area contributed by atoms with E-state index in [9.17, 15) is 0 Å². The number of aliphatic hydroxyl groups is 1. The van der Waals surface area contributed by atoms with E-state index in [0.717, 1.165) is 19.3 Å². The van der Waals surface area contributed by atoms with Crippen molar-refractivity contribution < 1.29 is 15.0 Å². The van der Waals surface area contributed by atoms with Crippen LogP contribution < -0.4 is 0 Å². The molecule has 0 radical (unpaired) electrons. The van der Waals surface area contributed by atoms with Crippen LogP contribution in [-0.2, 0) is 4.79 Å². The minimum atomic E-state index is -0.250. The summed E-state index contributed by atoms with van der Waals surface area (Å²) >= 11 is 0. The summed E-state index contributed by atoms with van der Waals surface area (Å²) in [5, 5.41) is 15.4. The first-order valence-corrected chi connectivity index (χ1v) is 3.13. The van der Waals surface area contributed by atoms with E-state index in [1.165, 1.54) is 0 Å². The molecule has 3 heteroatoms. The van der Waals surface area contributed by atoms with E-state index >= 15 is 0 Å². The third-order valence-electron chi connectivity index (χ3n) is 0.819. The molecular formula is C7H14O3. The minimum absolute atomic E-state index is 0.250. The highest BCUT2D eigenvalue weighted by Gasteiger charge is 1.83. The van der Waals surface area contributed by atoms with Crippen molar-refractivity contribution in [1.29, 1.82) is 0 Å². The maximum Gasteiger partial charge on any atom is 0.290 e. The van der Waals surface area contributed by atoms with Gasteiger partial charge in [0.25, 0.3) is 6.47 Å². The molecule has 0 saturated heterocycles. The Bertz CT molecular complexity index is 88.9. The average molecular weight is 146 g/mol. The summed E-state index contributed by atoms with van der Waals surface area (Å²) in [6, 6.07) is 0. The molecule has 0 aliphatic carbocycles. The molecule has 0 bridgehead atoms. The van der Waals surface area contributed by atoms with Crippen molar-refractivity contribution >= 4 is 6.47 Å². The molecule has 0 atom stereocenters. The van der Waals surface area contributed by atoms with Gasteiger partial charge < -0.3 is 10.2 Å². The quantitative estimate of drug-likeness (QED) is 0.472. The van der Waals surface area contributed by atoms with Gasteiger partial charge in [0.1, 0.15) is 0 Å². The van der Waals surface area contributed by atoms with Crippen molar-refractivity contribution in [2.24, 2.45) is 0 Å². The number of hydrogen-bond acceptors (Lipinski definition) is 2. The van der Waals surface area contributed by atoms with E-state index in [4.69, 9.17) is 15.0 Å². The van der Waals surface area contributed by atoms with Gasteiger partial charge in [-0.05, 0) is 6.42 Å². The summed E-state index contributed by atoms with van der Waals surface area (Å²) in [4.78, 5) is 8.36. The second kappa shape index (κ2) is 10.9. The third kappa shape index (κ3) is 27.9. The van der Waals surface area contributed by atoms with E-state index in [2.05, 4.69) is 13.5 Å². The number of rotatable bonds is 3. The zero-order valence-corrected chi connectivity index (χ0v) is 6.21. The molecule has 0 aliphatic rings. The van der Waals surface area contributed by atoms with Crippen LogP contribution in [-0.4, -0.2) is 16.7 Å². The van der Waals surface area contributed by atoms with E-state index in [1.807, 2.05) is 0 Å². The Morgan fingerprint density at radius 1 is 1.70 bits per heavy atom. The average Bonchev–Trinajstić information content (AvgIpc) is 1.85. The number of carboxylic acid groups (broad SMARTS) is 1. The predicted molar refractivity (Wildman–Crippen MR) is 40.0 cm³/mol. The molecule has 3 nitrogen and oxygen atoms in total. The smallest absolute Gasteiger partial charge is 0.290 e. The standard InChI is InChI=1S/C6H12O.CH2O2/c1-3-4-5-6(2)7;2-1-3/h7H,2-5H2,1H3;1H,(H,2,3). The zero-order valence-electron chi connectivity index (χ0n) is 6.21. The van der Waals surface area contributed by atoms with E-state index in [-0.39, 0.29) is 6.47 Å². The number of carbonyl (C=O) groups is 1. The Morgan fingerprint density at radius 3 is 2.20 bits per heavy atom. The Hall–Kier alpha value is -0.990. The molecule has 0 spiro atoms. The molecule has 0 unspecified atom stereocenters. The van der Waals surface area contributed by atoms with Crippen LogP contribution in [0.5, 0.6) is 0 Å². The van der Waals surface area contributed by atoms with Crippen LogP contribution in [0.1, 0.15) is 26.2 Å². The monoisotopic (exact) mass is 146 g/mol. The fraction of sp³-hybridized carbons (Fsp3) is 0.571. The molecule has 0 aromatic rings. The predicted octanol–water partition coefficient (Wildman–Crippen LogP) is 1.95. The maximum absolute atomic E-state index is 8.49. The topological polar surface area (TPSA) is 57.5 Å². The zero-order chi connectivity index (χ0) is 8.41. The normalized spacial score (nSPS) is 7.30. The molecule has 0 fully saturated rings. The summed E-state index contributed by atoms with van der Waals surface area (Å²) < 4.78 is 0. The van der Waals surface area contributed by atoms with E-state index < -0.39 is 0 Å². The van der Waals surface area contributed by atoms with Gasteiger partial charge in [0.15, 0.2) is 0 Å². The number of unbranched alkanes of at least 4 members (excludes halogenated alkanes) is 1. The Kier molecular flexibility index (Phi) is 12.8. The molecule has 60 valence electrons. The number of allylic oxidation sites excluding steroid dienone is 1. The molecular weight excluding hydrogens is 132 g/mol. The van der Waals surface area contributed by atoms with Gasteiger partial charge in [0.05, 0.1) is 5.76 Å². The van der Waals surface area contributed by atoms with Crippen LogP contribution in [0.4, 0.5) is 0 Å². The number of hydrogen-bond donors (Lipinski definition) is 2. The molecule has 0 aromatic heterocycles. The van der Waals surface area contributed by atoms with Crippen molar-refractivity contribution in [3.8, 4) is 0 Å². The van der Waals surface area contributed by atoms with Crippen molar-refractivity contribution in [2.45, 2.75) is 26.2 Å². The molecule has 0 aromatic carbocycles. The molecule has 0 saturated carbocycles. The van der Waals surface area contributed by atoms with Gasteiger partial charge in [-0.15, -0.1) is 0 Å². The fourth-order valence-corrected chi connectivity index (χ4v) is 0.381. The van der Waals surface area contributed by atoms with Crippen LogP contribution in [0.2, 0.25) is 0 Å². The van der Waals surface area contributed by atoms with Gasteiger partial charge in [0.2, 0.25) is 0 Å². The van der Waals surface area contributed by atoms with Gasteiger partial charge in [0, 0.05) is 6.42 Å². The van der Waals surface area contributed by atoms with Crippen molar-refractivity contribution in [1.82, 2.24) is 0 Å². The highest BCUT2D eigenvalue weighted by atomic mass is 16.3. The SMILES string of the molecule is C=C(O)CCCC.O=CO. The molecule has 2 N–H and O–H groups in total. The first-order chi connectivity index (χ1) is 4.68. The van der Waals surface area contributed by atoms with Gasteiger partial charge >= 0.3 is 0 Å². The Morgan fingerprint density at radius 2 is 2.10 bits per heavy atom. The Labute approximate surface area is 61.0 Å². The van der Waals surface area contributed by atoms with Crippen LogP contribution in [0, 0.1) is 0 Å². The molecule has 0 aliphatic heterocycles. The summed E-state index contributed by atoms with van der Waals surface area (Å²) in [6.07, 6.45) is 2.94. The van der Waals surface area contributed by atoms with Crippen molar-refractivity contribution in [3.63, 3.8) is 0 Å². The fourth-order valence-electron chi connectivity index (χ4n) is 0.381. The third-order valence-corrected chi connectivity index (χ3v) is 0.819. The van der Waals surface area contributed by atoms with E-state index in [1.54, 1.807) is 0 Å². The highest BCUT2D eigenvalue weighted by Crippen LogP contribution is 1.99. The number of aliphatic hydroxyl groups excluding tert-OH is 1. The van der Waals surface area contributed by atoms with Gasteiger partial charge in [-0.1, -0.05) is 19.9 Å². The highest BCUT2D eigenvalue weighted by molar-refractivity contribution is 5.32. The first-order valence-electron chi connectivity index (χ1n) is 3.13. The lowest BCUT2D eigenvalue weighted by Gasteiger charge is -1.91. The second-order valence-corrected chi connectivity index (χ2v) is 1.78. The maximum atomic E-state index is 8.49. The van der Waals surface area contributed by atoms with Crippen molar-refractivity contribution in [3.05, 3.63) is 12.3 Å². The lowest BCUT2D eigenvalue weighted by Crippen LogP contribution is -1.75. The molecule has 0 amide bonds. The molecule has 0 heterocycles. The second-order valence-electron chi connectivity index (χ2n) is 1.78. The van der Waals surface area contributed by atoms with Gasteiger partial charge in [-0.25, -0.2) is 0 Å². The largest absolute Gasteiger partial charge is 0.513 e. The van der Waals surface area contributed by atoms with Gasteiger partial charge in [-0.3, -0.25) is 4.79 Å². The summed E-state index contributed by atoms with van der Waals surface area (Å²) in [7, 11) is 0. The van der Waals surface area contributed by atoms with Crippen LogP contribution in [0.3, 0.4) is 0 Å². The first kappa shape index (κ1) is 11.8. The summed E-state index contributed by atoms with van der Waals surface area (Å²) in [6.45, 7) is 5.18.